The van der Waals surface area contributed by atoms with Crippen molar-refractivity contribution in [2.24, 2.45) is 0 Å². The van der Waals surface area contributed by atoms with Crippen molar-refractivity contribution in [1.29, 1.82) is 0 Å². The zero-order chi connectivity index (χ0) is 17.7. The molecule has 0 bridgehead atoms. The van der Waals surface area contributed by atoms with Crippen LogP contribution in [0.4, 0.5) is 0 Å². The van der Waals surface area contributed by atoms with Crippen LogP contribution < -0.4 is 5.56 Å². The van der Waals surface area contributed by atoms with Crippen LogP contribution in [0.3, 0.4) is 0 Å². The molecule has 0 unspecified atom stereocenters. The largest absolute Gasteiger partial charge is 0.275 e. The van der Waals surface area contributed by atoms with Crippen LogP contribution in [0.15, 0.2) is 16.0 Å². The summed E-state index contributed by atoms with van der Waals surface area (Å²) in [4.78, 5) is 26.1. The van der Waals surface area contributed by atoms with E-state index >= 15 is 0 Å². The molecule has 0 radical (unpaired) electrons. The van der Waals surface area contributed by atoms with Crippen molar-refractivity contribution in [1.82, 2.24) is 34.2 Å². The van der Waals surface area contributed by atoms with Gasteiger partial charge in [0.15, 0.2) is 0 Å². The molecule has 4 aromatic rings. The lowest BCUT2D eigenvalue weighted by Crippen LogP contribution is -2.15. The van der Waals surface area contributed by atoms with Crippen molar-refractivity contribution < 1.29 is 0 Å². The van der Waals surface area contributed by atoms with Crippen LogP contribution in [0.5, 0.6) is 0 Å². The van der Waals surface area contributed by atoms with Gasteiger partial charge in [0.2, 0.25) is 10.1 Å². The monoisotopic (exact) mass is 373 g/mol. The quantitative estimate of drug-likeness (QED) is 0.508. The molecule has 10 heteroatoms. The van der Waals surface area contributed by atoms with E-state index in [9.17, 15) is 4.79 Å². The molecule has 0 atom stereocenters. The Labute approximate surface area is 151 Å². The third-order valence-electron chi connectivity index (χ3n) is 3.99. The molecule has 0 saturated heterocycles. The molecule has 4 aromatic heterocycles. The second-order valence-corrected chi connectivity index (χ2v) is 7.81. The van der Waals surface area contributed by atoms with Gasteiger partial charge in [0.25, 0.3) is 11.3 Å². The van der Waals surface area contributed by atoms with Gasteiger partial charge < -0.3 is 0 Å². The molecular weight excluding hydrogens is 358 g/mol. The fraction of sp³-hybridized carbons (Fsp3) is 0.333. The van der Waals surface area contributed by atoms with Gasteiger partial charge in [0.05, 0.1) is 5.69 Å². The maximum absolute atomic E-state index is 12.1. The zero-order valence-electron chi connectivity index (χ0n) is 14.1. The molecule has 0 aliphatic carbocycles. The molecule has 0 aromatic carbocycles. The van der Waals surface area contributed by atoms with E-state index in [2.05, 4.69) is 25.1 Å². The highest BCUT2D eigenvalue weighted by molar-refractivity contribution is 7.98. The topological polar surface area (TPSA) is 90.3 Å². The summed E-state index contributed by atoms with van der Waals surface area (Å²) >= 11 is 2.83. The number of fused-ring (bicyclic) bond motifs is 2. The Balaban J connectivity index is 1.64. The molecule has 0 spiro atoms. The molecule has 25 heavy (non-hydrogen) atoms. The minimum atomic E-state index is -0.170. The van der Waals surface area contributed by atoms with Crippen LogP contribution in [0, 0.1) is 27.7 Å². The molecule has 4 heterocycles. The molecule has 0 saturated carbocycles. The molecule has 128 valence electrons. The first-order valence-electron chi connectivity index (χ1n) is 7.62. The average Bonchev–Trinajstić information content (AvgIpc) is 3.14. The maximum Gasteiger partial charge on any atom is 0.275 e. The Bertz CT molecular complexity index is 1170. The van der Waals surface area contributed by atoms with E-state index in [1.807, 2.05) is 27.7 Å². The van der Waals surface area contributed by atoms with E-state index in [1.165, 1.54) is 33.7 Å². The van der Waals surface area contributed by atoms with Crippen LogP contribution in [0.25, 0.3) is 10.7 Å². The Morgan fingerprint density at radius 2 is 1.88 bits per heavy atom. The molecule has 0 amide bonds. The van der Waals surface area contributed by atoms with Gasteiger partial charge in [-0.15, -0.1) is 5.10 Å². The van der Waals surface area contributed by atoms with Gasteiger partial charge in [-0.1, -0.05) is 23.1 Å². The minimum absolute atomic E-state index is 0.170. The lowest BCUT2D eigenvalue weighted by molar-refractivity contribution is 0.831. The first-order chi connectivity index (χ1) is 11.9. The van der Waals surface area contributed by atoms with E-state index in [1.54, 1.807) is 4.52 Å². The van der Waals surface area contributed by atoms with Crippen molar-refractivity contribution in [2.45, 2.75) is 38.6 Å². The highest BCUT2D eigenvalue weighted by Crippen LogP contribution is 2.21. The van der Waals surface area contributed by atoms with Gasteiger partial charge in [-0.3, -0.25) is 4.79 Å². The fourth-order valence-electron chi connectivity index (χ4n) is 2.46. The number of aryl methyl sites for hydroxylation is 3. The number of thioether (sulfide) groups is 1. The van der Waals surface area contributed by atoms with Gasteiger partial charge in [0, 0.05) is 23.2 Å². The normalized spacial score (nSPS) is 11.7. The number of hydrogen-bond donors (Lipinski definition) is 0. The van der Waals surface area contributed by atoms with Gasteiger partial charge >= 0.3 is 0 Å². The smallest absolute Gasteiger partial charge is 0.267 e. The maximum atomic E-state index is 12.1. The summed E-state index contributed by atoms with van der Waals surface area (Å²) in [5.41, 5.74) is 3.61. The van der Waals surface area contributed by atoms with Gasteiger partial charge in [-0.2, -0.15) is 14.6 Å². The second kappa shape index (κ2) is 5.88. The Morgan fingerprint density at radius 1 is 1.08 bits per heavy atom. The number of aromatic nitrogens is 7. The number of rotatable bonds is 3. The zero-order valence-corrected chi connectivity index (χ0v) is 15.8. The summed E-state index contributed by atoms with van der Waals surface area (Å²) in [7, 11) is 0. The van der Waals surface area contributed by atoms with Gasteiger partial charge in [-0.05, 0) is 33.3 Å². The predicted molar refractivity (Wildman–Crippen MR) is 96.4 cm³/mol. The van der Waals surface area contributed by atoms with E-state index in [0.717, 1.165) is 22.0 Å². The molecule has 8 nitrogen and oxygen atoms in total. The van der Waals surface area contributed by atoms with Crippen LogP contribution in [-0.4, -0.2) is 34.2 Å². The number of hydrogen-bond acceptors (Lipinski definition) is 8. The Morgan fingerprint density at radius 3 is 2.68 bits per heavy atom. The molecular formula is C15H15N7OS2. The summed E-state index contributed by atoms with van der Waals surface area (Å²) < 4.78 is 3.08. The van der Waals surface area contributed by atoms with E-state index in [4.69, 9.17) is 0 Å². The third-order valence-corrected chi connectivity index (χ3v) is 5.68. The molecule has 0 fully saturated rings. The van der Waals surface area contributed by atoms with Gasteiger partial charge in [0.1, 0.15) is 5.01 Å². The second-order valence-electron chi connectivity index (χ2n) is 5.70. The molecule has 0 N–H and O–H groups in total. The summed E-state index contributed by atoms with van der Waals surface area (Å²) in [5, 5.41) is 10.1. The summed E-state index contributed by atoms with van der Waals surface area (Å²) in [5.74, 6) is 1.10. The van der Waals surface area contributed by atoms with Crippen LogP contribution in [0.2, 0.25) is 0 Å². The van der Waals surface area contributed by atoms with Crippen LogP contribution in [-0.2, 0) is 5.75 Å². The molecule has 0 aliphatic rings. The van der Waals surface area contributed by atoms with Crippen molar-refractivity contribution in [2.75, 3.05) is 0 Å². The van der Waals surface area contributed by atoms with Crippen molar-refractivity contribution in [3.8, 4) is 0 Å². The first-order valence-corrected chi connectivity index (χ1v) is 9.42. The highest BCUT2D eigenvalue weighted by atomic mass is 32.2. The third kappa shape index (κ3) is 2.81. The minimum Gasteiger partial charge on any atom is -0.267 e. The fourth-order valence-corrected chi connectivity index (χ4v) is 3.94. The Hall–Kier alpha value is -2.33. The highest BCUT2D eigenvalue weighted by Gasteiger charge is 2.12. The van der Waals surface area contributed by atoms with E-state index in [-0.39, 0.29) is 5.56 Å². The van der Waals surface area contributed by atoms with Crippen molar-refractivity contribution in [3.63, 3.8) is 0 Å². The Kier molecular flexibility index (Phi) is 3.80. The van der Waals surface area contributed by atoms with Crippen LogP contribution in [0.1, 0.15) is 27.7 Å². The predicted octanol–water partition coefficient (Wildman–Crippen LogP) is 2.11. The van der Waals surface area contributed by atoms with E-state index < -0.39 is 0 Å². The van der Waals surface area contributed by atoms with Crippen LogP contribution >= 0.6 is 23.1 Å². The standard InChI is InChI=1S/C15H15N7OS2/c1-7-8(2)16-13-18-14(20-21(13)9(7)3)24-6-11-5-12(23)22-15(17-11)25-10(4)19-22/h5H,6H2,1-4H3. The summed E-state index contributed by atoms with van der Waals surface area (Å²) in [6, 6.07) is 1.51. The van der Waals surface area contributed by atoms with E-state index in [0.29, 0.717) is 27.3 Å². The summed E-state index contributed by atoms with van der Waals surface area (Å²) in [6.45, 7) is 7.85. The average molecular weight is 373 g/mol. The lowest BCUT2D eigenvalue weighted by atomic mass is 10.2. The molecule has 4 rings (SSSR count). The summed E-state index contributed by atoms with van der Waals surface area (Å²) in [6.07, 6.45) is 0. The number of nitrogens with zero attached hydrogens (tertiary/aromatic N) is 7. The van der Waals surface area contributed by atoms with Crippen molar-refractivity contribution >= 4 is 33.8 Å². The first kappa shape index (κ1) is 16.2. The SMILES string of the molecule is Cc1nn2c(=O)cc(CSc3nc4nc(C)c(C)c(C)n4n3)nc2s1. The van der Waals surface area contributed by atoms with Gasteiger partial charge in [-0.25, -0.2) is 14.5 Å². The van der Waals surface area contributed by atoms with Crippen molar-refractivity contribution in [3.05, 3.63) is 44.1 Å². The lowest BCUT2D eigenvalue weighted by Gasteiger charge is -2.04. The molecule has 0 aliphatic heterocycles.